The topological polar surface area (TPSA) is 18.5 Å². The van der Waals surface area contributed by atoms with Gasteiger partial charge in [-0.2, -0.15) is 0 Å². The Morgan fingerprint density at radius 3 is 2.12 bits per heavy atom. The van der Waals surface area contributed by atoms with E-state index in [1.54, 1.807) is 0 Å². The van der Waals surface area contributed by atoms with E-state index in [2.05, 4.69) is 40.7 Å². The highest BCUT2D eigenvalue weighted by Crippen LogP contribution is 2.39. The van der Waals surface area contributed by atoms with Crippen molar-refractivity contribution >= 4 is 0 Å². The largest absolute Gasteiger partial charge is 0.347 e. The lowest BCUT2D eigenvalue weighted by Crippen LogP contribution is -2.35. The molecule has 2 nitrogen and oxygen atoms in total. The third-order valence-electron chi connectivity index (χ3n) is 4.13. The second-order valence-electron chi connectivity index (χ2n) is 5.68. The first-order valence-electron chi connectivity index (χ1n) is 6.47. The molecule has 5 unspecified atom stereocenters. The second kappa shape index (κ2) is 4.50. The quantitative estimate of drug-likeness (QED) is 0.636. The third-order valence-corrected chi connectivity index (χ3v) is 4.13. The molecule has 0 spiro atoms. The smallest absolute Gasteiger partial charge is 0.162 e. The summed E-state index contributed by atoms with van der Waals surface area (Å²) >= 11 is 0. The summed E-state index contributed by atoms with van der Waals surface area (Å²) in [5.74, 6) is 1.73. The van der Waals surface area contributed by atoms with Crippen molar-refractivity contribution in [1.29, 1.82) is 0 Å². The van der Waals surface area contributed by atoms with Gasteiger partial charge in [-0.15, -0.1) is 0 Å². The first kappa shape index (κ1) is 12.1. The van der Waals surface area contributed by atoms with Gasteiger partial charge in [0.15, 0.2) is 6.29 Å². The summed E-state index contributed by atoms with van der Waals surface area (Å²) in [7, 11) is 0. The molecule has 0 amide bonds. The normalized spacial score (nSPS) is 49.2. The molecule has 0 aromatic rings. The predicted octanol–water partition coefficient (Wildman–Crippen LogP) is 3.37. The molecule has 2 aliphatic rings. The predicted molar refractivity (Wildman–Crippen MR) is 65.1 cm³/mol. The molecular formula is C14H24O2. The number of allylic oxidation sites excluding steroid dienone is 2. The molecule has 0 N–H and O–H groups in total. The van der Waals surface area contributed by atoms with Crippen molar-refractivity contribution in [3.63, 3.8) is 0 Å². The summed E-state index contributed by atoms with van der Waals surface area (Å²) in [6, 6.07) is 0. The summed E-state index contributed by atoms with van der Waals surface area (Å²) in [6.45, 7) is 11.0. The maximum Gasteiger partial charge on any atom is 0.162 e. The van der Waals surface area contributed by atoms with Gasteiger partial charge >= 0.3 is 0 Å². The number of hydrogen-bond donors (Lipinski definition) is 0. The maximum absolute atomic E-state index is 5.94. The van der Waals surface area contributed by atoms with Crippen LogP contribution < -0.4 is 0 Å². The molecule has 0 bridgehead atoms. The zero-order chi connectivity index (χ0) is 11.9. The molecule has 2 rings (SSSR count). The maximum atomic E-state index is 5.94. The molecular weight excluding hydrogens is 200 g/mol. The minimum atomic E-state index is -0.000602. The SMILES string of the molecule is CC1=CC(C)C(C2OC(C)C(C)O2)C(C)C1. The fourth-order valence-electron chi connectivity index (χ4n) is 3.16. The van der Waals surface area contributed by atoms with Gasteiger partial charge in [0, 0.05) is 5.92 Å². The van der Waals surface area contributed by atoms with Gasteiger partial charge < -0.3 is 9.47 Å². The first-order valence-corrected chi connectivity index (χ1v) is 6.47. The molecule has 92 valence electrons. The minimum Gasteiger partial charge on any atom is -0.347 e. The van der Waals surface area contributed by atoms with Crippen molar-refractivity contribution in [1.82, 2.24) is 0 Å². The van der Waals surface area contributed by atoms with E-state index < -0.39 is 0 Å². The van der Waals surface area contributed by atoms with Gasteiger partial charge in [0.25, 0.3) is 0 Å². The van der Waals surface area contributed by atoms with Crippen LogP contribution in [0.1, 0.15) is 41.0 Å². The number of rotatable bonds is 1. The standard InChI is InChI=1S/C14H24O2/c1-8-6-9(2)13(10(3)7-8)14-15-11(4)12(5)16-14/h6,9-14H,7H2,1-5H3. The Morgan fingerprint density at radius 2 is 1.62 bits per heavy atom. The zero-order valence-electron chi connectivity index (χ0n) is 11.1. The van der Waals surface area contributed by atoms with Crippen LogP contribution in [0.4, 0.5) is 0 Å². The van der Waals surface area contributed by atoms with Gasteiger partial charge in [0.1, 0.15) is 0 Å². The summed E-state index contributed by atoms with van der Waals surface area (Å²) in [5.41, 5.74) is 1.51. The zero-order valence-corrected chi connectivity index (χ0v) is 11.1. The van der Waals surface area contributed by atoms with Gasteiger partial charge in [-0.1, -0.05) is 25.5 Å². The summed E-state index contributed by atoms with van der Waals surface area (Å²) in [4.78, 5) is 0. The minimum absolute atomic E-state index is 0.000602. The van der Waals surface area contributed by atoms with E-state index in [0.29, 0.717) is 17.8 Å². The van der Waals surface area contributed by atoms with Crippen LogP contribution in [0.15, 0.2) is 11.6 Å². The van der Waals surface area contributed by atoms with Gasteiger partial charge in [-0.25, -0.2) is 0 Å². The van der Waals surface area contributed by atoms with Crippen LogP contribution in [0.5, 0.6) is 0 Å². The lowest BCUT2D eigenvalue weighted by molar-refractivity contribution is -0.125. The van der Waals surface area contributed by atoms with Crippen LogP contribution in [-0.2, 0) is 9.47 Å². The molecule has 1 heterocycles. The van der Waals surface area contributed by atoms with Gasteiger partial charge in [0.2, 0.25) is 0 Å². The van der Waals surface area contributed by atoms with Crippen LogP contribution in [0.2, 0.25) is 0 Å². The second-order valence-corrected chi connectivity index (χ2v) is 5.68. The Bertz CT molecular complexity index is 274. The molecule has 1 saturated heterocycles. The molecule has 1 aliphatic heterocycles. The Morgan fingerprint density at radius 1 is 1.06 bits per heavy atom. The molecule has 0 radical (unpaired) electrons. The van der Waals surface area contributed by atoms with Crippen molar-refractivity contribution in [3.8, 4) is 0 Å². The molecule has 0 aromatic heterocycles. The van der Waals surface area contributed by atoms with Crippen molar-refractivity contribution in [3.05, 3.63) is 11.6 Å². The highest BCUT2D eigenvalue weighted by Gasteiger charge is 2.41. The highest BCUT2D eigenvalue weighted by atomic mass is 16.7. The van der Waals surface area contributed by atoms with E-state index in [0.717, 1.165) is 0 Å². The van der Waals surface area contributed by atoms with E-state index in [1.165, 1.54) is 12.0 Å². The van der Waals surface area contributed by atoms with E-state index in [1.807, 2.05) is 0 Å². The molecule has 2 heteroatoms. The van der Waals surface area contributed by atoms with Crippen LogP contribution in [0.3, 0.4) is 0 Å². The number of ether oxygens (including phenoxy) is 2. The van der Waals surface area contributed by atoms with Gasteiger partial charge in [0.05, 0.1) is 12.2 Å². The fraction of sp³-hybridized carbons (Fsp3) is 0.857. The summed E-state index contributed by atoms with van der Waals surface area (Å²) in [5, 5.41) is 0. The molecule has 1 fully saturated rings. The van der Waals surface area contributed by atoms with Crippen LogP contribution >= 0.6 is 0 Å². The van der Waals surface area contributed by atoms with E-state index in [9.17, 15) is 0 Å². The lowest BCUT2D eigenvalue weighted by Gasteiger charge is -2.36. The Labute approximate surface area is 99.0 Å². The Balaban J connectivity index is 2.09. The van der Waals surface area contributed by atoms with Crippen LogP contribution in [0, 0.1) is 17.8 Å². The van der Waals surface area contributed by atoms with E-state index >= 15 is 0 Å². The molecule has 1 aliphatic carbocycles. The average molecular weight is 224 g/mol. The highest BCUT2D eigenvalue weighted by molar-refractivity contribution is 5.09. The summed E-state index contributed by atoms with van der Waals surface area (Å²) in [6.07, 6.45) is 4.03. The van der Waals surface area contributed by atoms with Crippen LogP contribution in [-0.4, -0.2) is 18.5 Å². The van der Waals surface area contributed by atoms with Crippen LogP contribution in [0.25, 0.3) is 0 Å². The monoisotopic (exact) mass is 224 g/mol. The van der Waals surface area contributed by atoms with Gasteiger partial charge in [-0.3, -0.25) is 0 Å². The molecule has 16 heavy (non-hydrogen) atoms. The fourth-order valence-corrected chi connectivity index (χ4v) is 3.16. The van der Waals surface area contributed by atoms with Crippen molar-refractivity contribution in [2.75, 3.05) is 0 Å². The van der Waals surface area contributed by atoms with Crippen molar-refractivity contribution < 1.29 is 9.47 Å². The Hall–Kier alpha value is -0.340. The average Bonchev–Trinajstić information content (AvgIpc) is 2.44. The van der Waals surface area contributed by atoms with E-state index in [-0.39, 0.29) is 18.5 Å². The summed E-state index contributed by atoms with van der Waals surface area (Å²) < 4.78 is 11.9. The van der Waals surface area contributed by atoms with Gasteiger partial charge in [-0.05, 0) is 39.0 Å². The molecule has 0 aromatic carbocycles. The number of hydrogen-bond acceptors (Lipinski definition) is 2. The molecule has 0 saturated carbocycles. The first-order chi connectivity index (χ1) is 7.49. The Kier molecular flexibility index (Phi) is 3.41. The third kappa shape index (κ3) is 2.18. The molecule has 5 atom stereocenters. The van der Waals surface area contributed by atoms with Crippen molar-refractivity contribution in [2.24, 2.45) is 17.8 Å². The van der Waals surface area contributed by atoms with E-state index in [4.69, 9.17) is 9.47 Å². The lowest BCUT2D eigenvalue weighted by atomic mass is 9.74. The van der Waals surface area contributed by atoms with Crippen molar-refractivity contribution in [2.45, 2.75) is 59.5 Å².